The Bertz CT molecular complexity index is 612. The summed E-state index contributed by atoms with van der Waals surface area (Å²) in [5.74, 6) is -3.39. The summed E-state index contributed by atoms with van der Waals surface area (Å²) in [6.07, 6.45) is -0.487. The van der Waals surface area contributed by atoms with Gasteiger partial charge in [-0.3, -0.25) is 0 Å². The Morgan fingerprint density at radius 3 is 1.95 bits per heavy atom. The third kappa shape index (κ3) is 3.34. The smallest absolute Gasteiger partial charge is 0.236 e. The van der Waals surface area contributed by atoms with E-state index in [2.05, 4.69) is 9.97 Å². The third-order valence-corrected chi connectivity index (χ3v) is 2.83. The molecule has 1 aromatic carbocycles. The van der Waals surface area contributed by atoms with E-state index in [9.17, 15) is 22.0 Å². The number of alkyl halides is 3. The lowest BCUT2D eigenvalue weighted by molar-refractivity contribution is -0.142. The molecule has 1 aromatic heterocycles. The summed E-state index contributed by atoms with van der Waals surface area (Å²) < 4.78 is 64.4. The van der Waals surface area contributed by atoms with Crippen LogP contribution in [0.5, 0.6) is 0 Å². The van der Waals surface area contributed by atoms with Gasteiger partial charge in [0, 0.05) is 18.0 Å². The molecule has 21 heavy (non-hydrogen) atoms. The van der Waals surface area contributed by atoms with E-state index in [1.54, 1.807) is 0 Å². The highest BCUT2D eigenvalue weighted by atomic mass is 19.4. The molecule has 112 valence electrons. The highest BCUT2D eigenvalue weighted by molar-refractivity contribution is 5.56. The van der Waals surface area contributed by atoms with Crippen LogP contribution in [0.15, 0.2) is 24.5 Å². The van der Waals surface area contributed by atoms with Gasteiger partial charge in [-0.05, 0) is 24.1 Å². The standard InChI is InChI=1S/C14H11F5N2/c1-2-3-8-6-20-13(21-7-8)9-4-10(15)12(11(16)5-9)14(17,18)19/h4-7H,2-3H2,1H3. The van der Waals surface area contributed by atoms with E-state index >= 15 is 0 Å². The minimum atomic E-state index is -5.08. The van der Waals surface area contributed by atoms with E-state index < -0.39 is 23.4 Å². The van der Waals surface area contributed by atoms with Crippen LogP contribution in [0, 0.1) is 11.6 Å². The molecule has 0 saturated heterocycles. The Hall–Kier alpha value is -2.05. The molecule has 0 bridgehead atoms. The zero-order chi connectivity index (χ0) is 15.6. The zero-order valence-electron chi connectivity index (χ0n) is 11.0. The number of hydrogen-bond donors (Lipinski definition) is 0. The second kappa shape index (κ2) is 5.75. The van der Waals surface area contributed by atoms with Crippen LogP contribution in [-0.2, 0) is 12.6 Å². The predicted octanol–water partition coefficient (Wildman–Crippen LogP) is 4.39. The Morgan fingerprint density at radius 2 is 1.52 bits per heavy atom. The van der Waals surface area contributed by atoms with Crippen LogP contribution in [0.2, 0.25) is 0 Å². The summed E-state index contributed by atoms with van der Waals surface area (Å²) in [5.41, 5.74) is -1.20. The van der Waals surface area contributed by atoms with Gasteiger partial charge in [0.15, 0.2) is 5.82 Å². The van der Waals surface area contributed by atoms with Crippen LogP contribution in [0.3, 0.4) is 0 Å². The minimum Gasteiger partial charge on any atom is -0.236 e. The van der Waals surface area contributed by atoms with E-state index in [-0.39, 0.29) is 11.4 Å². The normalized spacial score (nSPS) is 11.7. The predicted molar refractivity (Wildman–Crippen MR) is 66.4 cm³/mol. The maximum absolute atomic E-state index is 13.5. The first-order valence-electron chi connectivity index (χ1n) is 6.20. The molecule has 2 aromatic rings. The van der Waals surface area contributed by atoms with E-state index in [0.29, 0.717) is 12.1 Å². The third-order valence-electron chi connectivity index (χ3n) is 2.83. The molecule has 0 aliphatic rings. The molecule has 0 amide bonds. The van der Waals surface area contributed by atoms with Gasteiger partial charge in [0.1, 0.15) is 17.2 Å². The van der Waals surface area contributed by atoms with Crippen LogP contribution in [0.1, 0.15) is 24.5 Å². The zero-order valence-corrected chi connectivity index (χ0v) is 11.0. The molecule has 0 N–H and O–H groups in total. The lowest BCUT2D eigenvalue weighted by Gasteiger charge is -2.10. The number of hydrogen-bond acceptors (Lipinski definition) is 2. The van der Waals surface area contributed by atoms with Crippen molar-refractivity contribution in [3.8, 4) is 11.4 Å². The van der Waals surface area contributed by atoms with Crippen LogP contribution in [0.4, 0.5) is 22.0 Å². The average Bonchev–Trinajstić information content (AvgIpc) is 2.37. The largest absolute Gasteiger partial charge is 0.422 e. The second-order valence-corrected chi connectivity index (χ2v) is 4.48. The fraction of sp³-hybridized carbons (Fsp3) is 0.286. The van der Waals surface area contributed by atoms with Crippen molar-refractivity contribution in [2.45, 2.75) is 25.9 Å². The molecular weight excluding hydrogens is 291 g/mol. The molecule has 0 aliphatic carbocycles. The highest BCUT2D eigenvalue weighted by Gasteiger charge is 2.38. The molecule has 0 fully saturated rings. The molecule has 2 rings (SSSR count). The number of rotatable bonds is 3. The van der Waals surface area contributed by atoms with Crippen molar-refractivity contribution in [1.29, 1.82) is 0 Å². The Labute approximate surface area is 117 Å². The quantitative estimate of drug-likeness (QED) is 0.786. The highest BCUT2D eigenvalue weighted by Crippen LogP contribution is 2.35. The fourth-order valence-corrected chi connectivity index (χ4v) is 1.89. The second-order valence-electron chi connectivity index (χ2n) is 4.48. The molecule has 0 spiro atoms. The van der Waals surface area contributed by atoms with Gasteiger partial charge < -0.3 is 0 Å². The van der Waals surface area contributed by atoms with Crippen molar-refractivity contribution in [2.24, 2.45) is 0 Å². The Balaban J connectivity index is 2.42. The molecule has 2 nitrogen and oxygen atoms in total. The van der Waals surface area contributed by atoms with Gasteiger partial charge in [-0.25, -0.2) is 18.7 Å². The molecule has 7 heteroatoms. The summed E-state index contributed by atoms with van der Waals surface area (Å²) in [6, 6.07) is 1.17. The number of benzene rings is 1. The van der Waals surface area contributed by atoms with Gasteiger partial charge in [0.2, 0.25) is 0 Å². The molecular formula is C14H11F5N2. The van der Waals surface area contributed by atoms with Crippen molar-refractivity contribution in [3.63, 3.8) is 0 Å². The summed E-state index contributed by atoms with van der Waals surface area (Å²) in [7, 11) is 0. The first kappa shape index (κ1) is 15.3. The summed E-state index contributed by atoms with van der Waals surface area (Å²) >= 11 is 0. The van der Waals surface area contributed by atoms with Crippen LogP contribution >= 0.6 is 0 Å². The lowest BCUT2D eigenvalue weighted by Crippen LogP contribution is -2.11. The maximum Gasteiger partial charge on any atom is 0.422 e. The van der Waals surface area contributed by atoms with Gasteiger partial charge in [0.05, 0.1) is 0 Å². The molecule has 0 unspecified atom stereocenters. The van der Waals surface area contributed by atoms with Gasteiger partial charge in [0.25, 0.3) is 0 Å². The topological polar surface area (TPSA) is 25.8 Å². The molecule has 0 radical (unpaired) electrons. The number of halogens is 5. The van der Waals surface area contributed by atoms with Crippen molar-refractivity contribution in [1.82, 2.24) is 9.97 Å². The van der Waals surface area contributed by atoms with E-state index in [0.717, 1.165) is 18.4 Å². The summed E-state index contributed by atoms with van der Waals surface area (Å²) in [4.78, 5) is 7.83. The molecule has 0 atom stereocenters. The van der Waals surface area contributed by atoms with Crippen molar-refractivity contribution in [3.05, 3.63) is 47.3 Å². The molecule has 0 saturated carbocycles. The van der Waals surface area contributed by atoms with E-state index in [4.69, 9.17) is 0 Å². The van der Waals surface area contributed by atoms with Crippen molar-refractivity contribution in [2.75, 3.05) is 0 Å². The number of aromatic nitrogens is 2. The SMILES string of the molecule is CCCc1cnc(-c2cc(F)c(C(F)(F)F)c(F)c2)nc1. The van der Waals surface area contributed by atoms with E-state index in [1.807, 2.05) is 6.92 Å². The number of aryl methyl sites for hydroxylation is 1. The fourth-order valence-electron chi connectivity index (χ4n) is 1.89. The monoisotopic (exact) mass is 302 g/mol. The van der Waals surface area contributed by atoms with Gasteiger partial charge in [-0.15, -0.1) is 0 Å². The first-order valence-corrected chi connectivity index (χ1v) is 6.20. The average molecular weight is 302 g/mol. The van der Waals surface area contributed by atoms with Gasteiger partial charge in [-0.2, -0.15) is 13.2 Å². The molecule has 1 heterocycles. The van der Waals surface area contributed by atoms with Crippen molar-refractivity contribution < 1.29 is 22.0 Å². The Kier molecular flexibility index (Phi) is 4.20. The molecule has 0 aliphatic heterocycles. The van der Waals surface area contributed by atoms with Crippen LogP contribution in [-0.4, -0.2) is 9.97 Å². The minimum absolute atomic E-state index is 0.0265. The number of nitrogens with zero attached hydrogens (tertiary/aromatic N) is 2. The Morgan fingerprint density at radius 1 is 1.00 bits per heavy atom. The first-order chi connectivity index (χ1) is 9.82. The summed E-state index contributed by atoms with van der Waals surface area (Å²) in [5, 5.41) is 0. The maximum atomic E-state index is 13.5. The van der Waals surface area contributed by atoms with Crippen LogP contribution < -0.4 is 0 Å². The van der Waals surface area contributed by atoms with Gasteiger partial charge in [-0.1, -0.05) is 13.3 Å². The summed E-state index contributed by atoms with van der Waals surface area (Å²) in [6.45, 7) is 1.97. The van der Waals surface area contributed by atoms with E-state index in [1.165, 1.54) is 12.4 Å². The van der Waals surface area contributed by atoms with Gasteiger partial charge >= 0.3 is 6.18 Å². The lowest BCUT2D eigenvalue weighted by atomic mass is 10.1. The van der Waals surface area contributed by atoms with Crippen LogP contribution in [0.25, 0.3) is 11.4 Å². The van der Waals surface area contributed by atoms with Crippen molar-refractivity contribution >= 4 is 0 Å².